The molecule has 1 fully saturated rings. The van der Waals surface area contributed by atoms with Gasteiger partial charge in [-0.05, 0) is 30.5 Å². The lowest BCUT2D eigenvalue weighted by Crippen LogP contribution is -2.45. The van der Waals surface area contributed by atoms with Crippen LogP contribution < -0.4 is 4.18 Å². The summed E-state index contributed by atoms with van der Waals surface area (Å²) in [7, 11) is -3.77. The highest BCUT2D eigenvalue weighted by atomic mass is 32.2. The number of carbonyl (C=O) groups is 2. The Kier molecular flexibility index (Phi) is 10.7. The molecule has 0 saturated carbocycles. The number of ether oxygens (including phenoxy) is 1. The molecule has 1 saturated heterocycles. The maximum atomic E-state index is 14.0. The number of esters is 1. The van der Waals surface area contributed by atoms with Crippen molar-refractivity contribution in [2.45, 2.75) is 56.8 Å². The van der Waals surface area contributed by atoms with Crippen LogP contribution in [0.3, 0.4) is 0 Å². The third kappa shape index (κ3) is 8.39. The Hall–Kier alpha value is -4.84. The topological polar surface area (TPSA) is 142 Å². The molecule has 2 aliphatic rings. The number of amides is 1. The Bertz CT molecular complexity index is 2020. The molecule has 18 heteroatoms. The second kappa shape index (κ2) is 15.2. The molecule has 4 aromatic rings. The lowest BCUT2D eigenvalue weighted by Gasteiger charge is -2.33. The third-order valence-corrected chi connectivity index (χ3v) is 9.80. The largest absolute Gasteiger partial charge is 0.459 e. The lowest BCUT2D eigenvalue weighted by atomic mass is 9.97. The maximum Gasteiger partial charge on any atom is 0.341 e. The van der Waals surface area contributed by atoms with Gasteiger partial charge in [0.05, 0.1) is 17.0 Å². The van der Waals surface area contributed by atoms with Crippen LogP contribution in [0, 0.1) is 0 Å². The van der Waals surface area contributed by atoms with E-state index >= 15 is 0 Å². The number of para-hydroxylation sites is 1. The van der Waals surface area contributed by atoms with E-state index in [2.05, 4.69) is 10.3 Å². The van der Waals surface area contributed by atoms with Gasteiger partial charge in [0.2, 0.25) is 6.04 Å². The monoisotopic (exact) mass is 749 g/mol. The van der Waals surface area contributed by atoms with Crippen LogP contribution in [0.15, 0.2) is 71.2 Å². The van der Waals surface area contributed by atoms with Crippen LogP contribution in [-0.4, -0.2) is 65.0 Å². The van der Waals surface area contributed by atoms with Crippen LogP contribution >= 0.6 is 11.3 Å². The molecule has 0 bridgehead atoms. The standard InChI is InChI=1S/C33H31F4N5O7S2/c1-51(45,46)49-26-10-6-5-9-21(26)27-16-22(40-48-27)24-18-50-31(38-24)20-11-13-41(14-12-20)32(43)28(33(44)47-17-19-7-3-2-4-8-19)42-25(30(36)37)15-23(39-42)29(34)35/h2-10,15,18,20,27-30H,11-14,16-17H2,1H3. The van der Waals surface area contributed by atoms with Gasteiger partial charge in [-0.15, -0.1) is 11.3 Å². The molecule has 2 unspecified atom stereocenters. The molecule has 270 valence electrons. The molecule has 6 rings (SSSR count). The van der Waals surface area contributed by atoms with Gasteiger partial charge in [-0.1, -0.05) is 53.7 Å². The van der Waals surface area contributed by atoms with Gasteiger partial charge in [-0.25, -0.2) is 32.0 Å². The first-order valence-electron chi connectivity index (χ1n) is 15.7. The zero-order valence-corrected chi connectivity index (χ0v) is 28.5. The molecular weight excluding hydrogens is 719 g/mol. The predicted molar refractivity (Wildman–Crippen MR) is 175 cm³/mol. The summed E-state index contributed by atoms with van der Waals surface area (Å²) in [6, 6.07) is 13.5. The number of thiazole rings is 1. The molecule has 2 atom stereocenters. The van der Waals surface area contributed by atoms with E-state index in [0.717, 1.165) is 11.3 Å². The molecule has 0 N–H and O–H groups in total. The first kappa shape index (κ1) is 36.0. The van der Waals surface area contributed by atoms with Gasteiger partial charge in [-0.3, -0.25) is 4.79 Å². The molecule has 0 aliphatic carbocycles. The molecule has 4 heterocycles. The quantitative estimate of drug-likeness (QED) is 0.0726. The van der Waals surface area contributed by atoms with Gasteiger partial charge in [0.25, 0.3) is 18.8 Å². The summed E-state index contributed by atoms with van der Waals surface area (Å²) in [6.07, 6.45) is -5.02. The van der Waals surface area contributed by atoms with E-state index in [-0.39, 0.29) is 31.4 Å². The molecule has 2 aliphatic heterocycles. The minimum atomic E-state index is -3.77. The fourth-order valence-corrected chi connectivity index (χ4v) is 7.30. The van der Waals surface area contributed by atoms with Gasteiger partial charge in [0.1, 0.15) is 29.5 Å². The highest BCUT2D eigenvalue weighted by molar-refractivity contribution is 7.86. The number of hydrogen-bond donors (Lipinski definition) is 0. The van der Waals surface area contributed by atoms with E-state index in [1.54, 1.807) is 48.5 Å². The van der Waals surface area contributed by atoms with Gasteiger partial charge in [0, 0.05) is 36.4 Å². The number of rotatable bonds is 12. The maximum absolute atomic E-state index is 14.0. The van der Waals surface area contributed by atoms with Crippen LogP contribution in [0.2, 0.25) is 0 Å². The number of piperidine rings is 1. The summed E-state index contributed by atoms with van der Waals surface area (Å²) in [4.78, 5) is 38.8. The summed E-state index contributed by atoms with van der Waals surface area (Å²) in [5, 5.41) is 10.3. The van der Waals surface area contributed by atoms with Crippen LogP contribution in [0.5, 0.6) is 5.75 Å². The van der Waals surface area contributed by atoms with Crippen molar-refractivity contribution in [3.05, 3.63) is 99.3 Å². The first-order chi connectivity index (χ1) is 24.4. The van der Waals surface area contributed by atoms with Crippen molar-refractivity contribution in [2.75, 3.05) is 19.3 Å². The first-order valence-corrected chi connectivity index (χ1v) is 18.4. The predicted octanol–water partition coefficient (Wildman–Crippen LogP) is 6.11. The van der Waals surface area contributed by atoms with Crippen molar-refractivity contribution >= 4 is 39.0 Å². The molecule has 2 aromatic heterocycles. The Morgan fingerprint density at radius 1 is 1.02 bits per heavy atom. The van der Waals surface area contributed by atoms with Crippen LogP contribution in [0.25, 0.3) is 0 Å². The molecule has 2 aromatic carbocycles. The van der Waals surface area contributed by atoms with E-state index in [1.165, 1.54) is 22.3 Å². The Balaban J connectivity index is 1.13. The van der Waals surface area contributed by atoms with Crippen molar-refractivity contribution in [3.8, 4) is 5.75 Å². The number of benzene rings is 2. The van der Waals surface area contributed by atoms with Crippen LogP contribution in [-0.2, 0) is 35.9 Å². The van der Waals surface area contributed by atoms with Gasteiger partial charge >= 0.3 is 16.1 Å². The highest BCUT2D eigenvalue weighted by Crippen LogP contribution is 2.37. The van der Waals surface area contributed by atoms with E-state index < -0.39 is 58.4 Å². The smallest absolute Gasteiger partial charge is 0.341 e. The molecule has 0 radical (unpaired) electrons. The number of hydrogen-bond acceptors (Lipinski definition) is 11. The fourth-order valence-electron chi connectivity index (χ4n) is 5.83. The van der Waals surface area contributed by atoms with Crippen molar-refractivity contribution in [2.24, 2.45) is 5.16 Å². The van der Waals surface area contributed by atoms with Crippen molar-refractivity contribution in [1.29, 1.82) is 0 Å². The Morgan fingerprint density at radius 3 is 2.41 bits per heavy atom. The number of likely N-dealkylation sites (tertiary alicyclic amines) is 1. The van der Waals surface area contributed by atoms with Gasteiger partial charge < -0.3 is 18.7 Å². The van der Waals surface area contributed by atoms with Gasteiger partial charge in [0.15, 0.2) is 6.10 Å². The molecule has 1 amide bonds. The highest BCUT2D eigenvalue weighted by Gasteiger charge is 2.40. The zero-order valence-electron chi connectivity index (χ0n) is 26.9. The summed E-state index contributed by atoms with van der Waals surface area (Å²) in [6.45, 7) is -0.0306. The van der Waals surface area contributed by atoms with Crippen molar-refractivity contribution in [1.82, 2.24) is 19.7 Å². The lowest BCUT2D eigenvalue weighted by molar-refractivity contribution is -0.157. The number of carbonyl (C=O) groups excluding carboxylic acids is 2. The van der Waals surface area contributed by atoms with E-state index in [9.17, 15) is 35.6 Å². The number of alkyl halides is 4. The zero-order chi connectivity index (χ0) is 36.3. The minimum absolute atomic E-state index is 0.0920. The minimum Gasteiger partial charge on any atom is -0.459 e. The second-order valence-corrected chi connectivity index (χ2v) is 14.3. The fraction of sp³-hybridized carbons (Fsp3) is 0.364. The van der Waals surface area contributed by atoms with Crippen LogP contribution in [0.1, 0.15) is 83.4 Å². The second-order valence-electron chi connectivity index (χ2n) is 11.9. The van der Waals surface area contributed by atoms with Crippen LogP contribution in [0.4, 0.5) is 17.6 Å². The number of nitrogens with zero attached hydrogens (tertiary/aromatic N) is 5. The molecule has 51 heavy (non-hydrogen) atoms. The van der Waals surface area contributed by atoms with Crippen molar-refractivity contribution < 1.29 is 49.3 Å². The molecule has 12 nitrogen and oxygen atoms in total. The number of halogens is 4. The summed E-state index contributed by atoms with van der Waals surface area (Å²) < 4.78 is 89.2. The van der Waals surface area contributed by atoms with Gasteiger partial charge in [-0.2, -0.15) is 13.5 Å². The van der Waals surface area contributed by atoms with E-state index in [4.69, 9.17) is 18.7 Å². The molecule has 0 spiro atoms. The summed E-state index contributed by atoms with van der Waals surface area (Å²) in [5.74, 6) is -2.06. The average molecular weight is 750 g/mol. The van der Waals surface area contributed by atoms with E-state index in [1.807, 2.05) is 5.38 Å². The number of aromatic nitrogens is 3. The Labute approximate surface area is 293 Å². The summed E-state index contributed by atoms with van der Waals surface area (Å²) >= 11 is 1.39. The SMILES string of the molecule is CS(=O)(=O)Oc1ccccc1C1CC(c2csc(C3CCN(C(=O)C(C(=O)OCc4ccccc4)n4nc(C(F)F)cc4C(F)F)CC3)n2)=NO1. The van der Waals surface area contributed by atoms with Crippen molar-refractivity contribution in [3.63, 3.8) is 0 Å². The third-order valence-electron chi connectivity index (χ3n) is 8.31. The van der Waals surface area contributed by atoms with E-state index in [0.29, 0.717) is 52.5 Å². The average Bonchev–Trinajstić information content (AvgIpc) is 3.88. The Morgan fingerprint density at radius 2 is 1.73 bits per heavy atom. The molecular formula is C33H31F4N5O7S2. The number of oxime groups is 1. The normalized spacial score (nSPS) is 17.4. The summed E-state index contributed by atoms with van der Waals surface area (Å²) in [5.41, 5.74) is 0.216.